The van der Waals surface area contributed by atoms with Crippen LogP contribution in [0.2, 0.25) is 0 Å². The first kappa shape index (κ1) is 27.0. The molecule has 7 nitrogen and oxygen atoms in total. The fraction of sp³-hybridized carbons (Fsp3) is 0.478. The van der Waals surface area contributed by atoms with Gasteiger partial charge < -0.3 is 25.5 Å². The summed E-state index contributed by atoms with van der Waals surface area (Å²) in [6, 6.07) is 10.9. The van der Waals surface area contributed by atoms with Crippen molar-refractivity contribution < 1.29 is 14.3 Å². The number of aliphatic hydroxyl groups excluding tert-OH is 1. The highest BCUT2D eigenvalue weighted by Gasteiger charge is 2.25. The van der Waals surface area contributed by atoms with Gasteiger partial charge in [-0.15, -0.1) is 24.0 Å². The van der Waals surface area contributed by atoms with E-state index in [-0.39, 0.29) is 47.7 Å². The number of nitrogens with one attached hydrogen (secondary N) is 3. The van der Waals surface area contributed by atoms with E-state index in [4.69, 9.17) is 4.42 Å². The zero-order valence-corrected chi connectivity index (χ0v) is 20.9. The number of amides is 1. The van der Waals surface area contributed by atoms with Crippen molar-refractivity contribution >= 4 is 41.5 Å². The minimum atomic E-state index is -0.282. The fourth-order valence-electron chi connectivity index (χ4n) is 3.31. The molecule has 172 valence electrons. The summed E-state index contributed by atoms with van der Waals surface area (Å²) in [7, 11) is 0. The Morgan fingerprint density at radius 3 is 2.52 bits per heavy atom. The highest BCUT2D eigenvalue weighted by molar-refractivity contribution is 14.0. The van der Waals surface area contributed by atoms with Crippen molar-refractivity contribution in [2.24, 2.45) is 10.4 Å². The summed E-state index contributed by atoms with van der Waals surface area (Å²) >= 11 is 0. The van der Waals surface area contributed by atoms with Crippen LogP contribution in [0.4, 0.5) is 5.69 Å². The summed E-state index contributed by atoms with van der Waals surface area (Å²) in [5.41, 5.74) is 1.74. The van der Waals surface area contributed by atoms with Gasteiger partial charge in [0.25, 0.3) is 5.91 Å². The Hall–Kier alpha value is -2.07. The quantitative estimate of drug-likeness (QED) is 0.192. The van der Waals surface area contributed by atoms with E-state index in [1.807, 2.05) is 31.2 Å². The second kappa shape index (κ2) is 14.1. The number of hydrogen-bond donors (Lipinski definition) is 4. The van der Waals surface area contributed by atoms with E-state index in [2.05, 4.69) is 34.8 Å². The first-order valence-corrected chi connectivity index (χ1v) is 10.6. The molecule has 31 heavy (non-hydrogen) atoms. The van der Waals surface area contributed by atoms with Gasteiger partial charge in [-0.05, 0) is 61.4 Å². The average molecular weight is 542 g/mol. The number of guanidine groups is 1. The maximum absolute atomic E-state index is 12.2. The molecule has 0 unspecified atom stereocenters. The van der Waals surface area contributed by atoms with E-state index in [0.717, 1.165) is 43.9 Å². The lowest BCUT2D eigenvalue weighted by Crippen LogP contribution is -2.43. The molecule has 1 amide bonds. The summed E-state index contributed by atoms with van der Waals surface area (Å²) in [5.74, 6) is 0.733. The van der Waals surface area contributed by atoms with Gasteiger partial charge in [-0.1, -0.05) is 26.0 Å². The molecule has 8 heteroatoms. The van der Waals surface area contributed by atoms with E-state index >= 15 is 0 Å². The van der Waals surface area contributed by atoms with Crippen LogP contribution in [-0.4, -0.2) is 36.7 Å². The molecular formula is C23H35IN4O3. The van der Waals surface area contributed by atoms with E-state index in [0.29, 0.717) is 12.2 Å². The van der Waals surface area contributed by atoms with Crippen LogP contribution in [-0.2, 0) is 6.54 Å². The van der Waals surface area contributed by atoms with E-state index in [1.165, 1.54) is 6.26 Å². The molecule has 0 radical (unpaired) electrons. The zero-order valence-electron chi connectivity index (χ0n) is 18.6. The summed E-state index contributed by atoms with van der Waals surface area (Å²) in [6.07, 6.45) is 4.23. The van der Waals surface area contributed by atoms with Crippen LogP contribution in [0, 0.1) is 5.41 Å². The third kappa shape index (κ3) is 8.53. The Labute approximate surface area is 202 Å². The molecule has 0 bridgehead atoms. The molecule has 0 atom stereocenters. The van der Waals surface area contributed by atoms with Crippen LogP contribution in [0.25, 0.3) is 0 Å². The maximum atomic E-state index is 12.2. The van der Waals surface area contributed by atoms with E-state index < -0.39 is 0 Å². The highest BCUT2D eigenvalue weighted by Crippen LogP contribution is 2.29. The second-order valence-electron chi connectivity index (χ2n) is 7.36. The number of benzene rings is 1. The van der Waals surface area contributed by atoms with Crippen molar-refractivity contribution in [1.29, 1.82) is 0 Å². The maximum Gasteiger partial charge on any atom is 0.291 e. The predicted molar refractivity (Wildman–Crippen MR) is 136 cm³/mol. The van der Waals surface area contributed by atoms with Crippen LogP contribution in [0.15, 0.2) is 52.1 Å². The van der Waals surface area contributed by atoms with Gasteiger partial charge in [0.15, 0.2) is 11.7 Å². The summed E-state index contributed by atoms with van der Waals surface area (Å²) < 4.78 is 5.13. The molecule has 0 aliphatic heterocycles. The number of carbonyl (C=O) groups excluding carboxylic acids is 1. The molecule has 0 saturated carbocycles. The summed E-state index contributed by atoms with van der Waals surface area (Å²) in [4.78, 5) is 16.8. The number of halogens is 1. The normalized spacial score (nSPS) is 11.5. The van der Waals surface area contributed by atoms with Gasteiger partial charge in [0.2, 0.25) is 0 Å². The van der Waals surface area contributed by atoms with Crippen molar-refractivity contribution in [2.75, 3.05) is 25.0 Å². The molecule has 0 spiro atoms. The Bertz CT molecular complexity index is 805. The largest absolute Gasteiger partial charge is 0.459 e. The standard InChI is InChI=1S/C23H34N4O3.HI/c1-4-23(5-2,12-13-28)17-26-22(24-6-3)25-16-18-9-7-10-19(15-18)27-21(29)20-11-8-14-30-20;/h7-11,14-15,28H,4-6,12-13,16-17H2,1-3H3,(H,27,29)(H2,24,25,26);1H. The van der Waals surface area contributed by atoms with E-state index in [1.54, 1.807) is 12.1 Å². The minimum Gasteiger partial charge on any atom is -0.459 e. The SMILES string of the molecule is CCNC(=NCc1cccc(NC(=O)c2ccco2)c1)NCC(CC)(CC)CCO.I. The Morgan fingerprint density at radius 2 is 1.90 bits per heavy atom. The van der Waals surface area contributed by atoms with Crippen molar-refractivity contribution in [3.63, 3.8) is 0 Å². The molecule has 0 aliphatic rings. The van der Waals surface area contributed by atoms with E-state index in [9.17, 15) is 9.90 Å². The molecule has 1 aromatic heterocycles. The molecule has 2 aromatic rings. The first-order valence-electron chi connectivity index (χ1n) is 10.6. The van der Waals surface area contributed by atoms with Crippen molar-refractivity contribution in [2.45, 2.75) is 46.6 Å². The van der Waals surface area contributed by atoms with Crippen LogP contribution in [0.5, 0.6) is 0 Å². The van der Waals surface area contributed by atoms with Gasteiger partial charge in [0.1, 0.15) is 0 Å². The number of anilines is 1. The molecule has 1 aromatic carbocycles. The summed E-state index contributed by atoms with van der Waals surface area (Å²) in [6.45, 7) is 8.53. The van der Waals surface area contributed by atoms with Crippen molar-refractivity contribution in [3.8, 4) is 0 Å². The lowest BCUT2D eigenvalue weighted by molar-refractivity contribution is 0.0996. The van der Waals surface area contributed by atoms with Crippen LogP contribution < -0.4 is 16.0 Å². The number of hydrogen-bond acceptors (Lipinski definition) is 4. The molecule has 0 saturated heterocycles. The number of furan rings is 1. The molecule has 0 fully saturated rings. The van der Waals surface area contributed by atoms with Gasteiger partial charge in [-0.2, -0.15) is 0 Å². The first-order chi connectivity index (χ1) is 14.6. The van der Waals surface area contributed by atoms with Gasteiger partial charge in [0.05, 0.1) is 12.8 Å². The molecule has 2 rings (SSSR count). The Morgan fingerprint density at radius 1 is 1.13 bits per heavy atom. The van der Waals surface area contributed by atoms with Gasteiger partial charge >= 0.3 is 0 Å². The Kier molecular flexibility index (Phi) is 12.2. The number of nitrogens with zero attached hydrogens (tertiary/aromatic N) is 1. The van der Waals surface area contributed by atoms with Crippen molar-refractivity contribution in [3.05, 3.63) is 54.0 Å². The van der Waals surface area contributed by atoms with Crippen LogP contribution in [0.3, 0.4) is 0 Å². The fourth-order valence-corrected chi connectivity index (χ4v) is 3.31. The number of aliphatic imine (C=N–C) groups is 1. The molecule has 4 N–H and O–H groups in total. The zero-order chi connectivity index (χ0) is 21.8. The van der Waals surface area contributed by atoms with Crippen LogP contribution in [0.1, 0.15) is 56.2 Å². The Balaban J connectivity index is 0.00000480. The number of rotatable bonds is 11. The second-order valence-corrected chi connectivity index (χ2v) is 7.36. The minimum absolute atomic E-state index is 0. The molecular weight excluding hydrogens is 507 g/mol. The summed E-state index contributed by atoms with van der Waals surface area (Å²) in [5, 5.41) is 19.0. The smallest absolute Gasteiger partial charge is 0.291 e. The van der Waals surface area contributed by atoms with Crippen molar-refractivity contribution in [1.82, 2.24) is 10.6 Å². The van der Waals surface area contributed by atoms with Gasteiger partial charge in [-0.3, -0.25) is 4.79 Å². The molecule has 1 heterocycles. The third-order valence-corrected chi connectivity index (χ3v) is 5.47. The highest BCUT2D eigenvalue weighted by atomic mass is 127. The monoisotopic (exact) mass is 542 g/mol. The molecule has 0 aliphatic carbocycles. The lowest BCUT2D eigenvalue weighted by atomic mass is 9.79. The number of carbonyl (C=O) groups is 1. The van der Waals surface area contributed by atoms with Gasteiger partial charge in [0, 0.05) is 25.4 Å². The lowest BCUT2D eigenvalue weighted by Gasteiger charge is -2.32. The third-order valence-electron chi connectivity index (χ3n) is 5.47. The topological polar surface area (TPSA) is 98.9 Å². The number of aliphatic hydroxyl groups is 1. The predicted octanol–water partition coefficient (Wildman–Crippen LogP) is 4.39. The average Bonchev–Trinajstić information content (AvgIpc) is 3.30. The van der Waals surface area contributed by atoms with Crippen LogP contribution >= 0.6 is 24.0 Å². The van der Waals surface area contributed by atoms with Gasteiger partial charge in [-0.25, -0.2) is 4.99 Å².